The van der Waals surface area contributed by atoms with Crippen molar-refractivity contribution in [2.24, 2.45) is 5.73 Å². The van der Waals surface area contributed by atoms with Gasteiger partial charge < -0.3 is 10.7 Å². The van der Waals surface area contributed by atoms with Crippen LogP contribution in [-0.2, 0) is 19.4 Å². The molecule has 3 aromatic rings. The minimum Gasteiger partial charge on any atom is -0.342 e. The van der Waals surface area contributed by atoms with Crippen LogP contribution in [0.3, 0.4) is 0 Å². The molecule has 0 aliphatic carbocycles. The smallest absolute Gasteiger partial charge is 0.126 e. The van der Waals surface area contributed by atoms with Crippen molar-refractivity contribution in [1.29, 1.82) is 0 Å². The number of halogens is 1. The topological polar surface area (TPSA) is 54.7 Å². The molecule has 20 heavy (non-hydrogen) atoms. The van der Waals surface area contributed by atoms with Gasteiger partial charge in [-0.2, -0.15) is 0 Å². The Hall–Kier alpha value is -2.20. The molecule has 0 aliphatic rings. The molecule has 3 N–H and O–H groups in total. The van der Waals surface area contributed by atoms with E-state index >= 15 is 0 Å². The van der Waals surface area contributed by atoms with Crippen LogP contribution in [0.2, 0.25) is 0 Å². The minimum absolute atomic E-state index is 0.158. The number of hydrogen-bond acceptors (Lipinski definition) is 2. The summed E-state index contributed by atoms with van der Waals surface area (Å²) in [5.74, 6) is 0.714. The fourth-order valence-corrected chi connectivity index (χ4v) is 2.31. The van der Waals surface area contributed by atoms with Crippen LogP contribution < -0.4 is 5.73 Å². The Bertz CT molecular complexity index is 733. The summed E-state index contributed by atoms with van der Waals surface area (Å²) >= 11 is 0. The van der Waals surface area contributed by atoms with Gasteiger partial charge in [0.2, 0.25) is 0 Å². The van der Waals surface area contributed by atoms with Crippen LogP contribution in [0.1, 0.15) is 17.0 Å². The predicted molar refractivity (Wildman–Crippen MR) is 77.8 cm³/mol. The number of rotatable bonds is 4. The molecule has 0 fully saturated rings. The molecule has 0 saturated heterocycles. The normalized spacial score (nSPS) is 11.1. The lowest BCUT2D eigenvalue weighted by Crippen LogP contribution is -1.96. The number of aryl methyl sites for hydroxylation is 2. The van der Waals surface area contributed by atoms with Gasteiger partial charge in [-0.3, -0.25) is 0 Å². The van der Waals surface area contributed by atoms with E-state index in [4.69, 9.17) is 5.73 Å². The van der Waals surface area contributed by atoms with Crippen LogP contribution in [-0.4, -0.2) is 9.97 Å². The number of benzene rings is 2. The van der Waals surface area contributed by atoms with Gasteiger partial charge in [0.1, 0.15) is 11.6 Å². The number of fused-ring (bicyclic) bond motifs is 1. The van der Waals surface area contributed by atoms with Crippen LogP contribution in [0.4, 0.5) is 4.39 Å². The molecule has 1 heterocycles. The highest BCUT2D eigenvalue weighted by atomic mass is 19.1. The molecule has 1 aromatic heterocycles. The Balaban J connectivity index is 1.79. The number of aromatic nitrogens is 2. The number of imidazole rings is 1. The number of hydrogen-bond donors (Lipinski definition) is 2. The van der Waals surface area contributed by atoms with Crippen molar-refractivity contribution < 1.29 is 4.39 Å². The highest BCUT2D eigenvalue weighted by molar-refractivity contribution is 5.75. The maximum Gasteiger partial charge on any atom is 0.126 e. The van der Waals surface area contributed by atoms with E-state index in [1.807, 2.05) is 30.3 Å². The predicted octanol–water partition coefficient (Wildman–Crippen LogP) is 2.95. The summed E-state index contributed by atoms with van der Waals surface area (Å²) in [5, 5.41) is 0. The summed E-state index contributed by atoms with van der Waals surface area (Å²) in [7, 11) is 0. The van der Waals surface area contributed by atoms with E-state index in [2.05, 4.69) is 9.97 Å². The fourth-order valence-electron chi connectivity index (χ4n) is 2.31. The first-order chi connectivity index (χ1) is 9.76. The minimum atomic E-state index is -0.158. The van der Waals surface area contributed by atoms with E-state index < -0.39 is 0 Å². The van der Waals surface area contributed by atoms with Gasteiger partial charge in [-0.1, -0.05) is 24.3 Å². The van der Waals surface area contributed by atoms with Gasteiger partial charge in [-0.05, 0) is 35.7 Å². The molecule has 0 saturated carbocycles. The van der Waals surface area contributed by atoms with Crippen molar-refractivity contribution in [1.82, 2.24) is 9.97 Å². The third-order valence-electron chi connectivity index (χ3n) is 3.42. The quantitative estimate of drug-likeness (QED) is 0.765. The number of nitrogens with zero attached hydrogens (tertiary/aromatic N) is 1. The van der Waals surface area contributed by atoms with E-state index in [-0.39, 0.29) is 5.82 Å². The number of nitrogens with one attached hydrogen (secondary N) is 1. The average molecular weight is 269 g/mol. The van der Waals surface area contributed by atoms with Crippen LogP contribution >= 0.6 is 0 Å². The molecule has 0 radical (unpaired) electrons. The van der Waals surface area contributed by atoms with Gasteiger partial charge >= 0.3 is 0 Å². The van der Waals surface area contributed by atoms with Crippen molar-refractivity contribution in [2.75, 3.05) is 0 Å². The monoisotopic (exact) mass is 269 g/mol. The molecule has 102 valence electrons. The summed E-state index contributed by atoms with van der Waals surface area (Å²) in [6.07, 6.45) is 1.32. The molecule has 3 rings (SSSR count). The third kappa shape index (κ3) is 2.56. The zero-order valence-electron chi connectivity index (χ0n) is 11.1. The molecule has 3 nitrogen and oxygen atoms in total. The Kier molecular flexibility index (Phi) is 3.48. The molecule has 0 atom stereocenters. The summed E-state index contributed by atoms with van der Waals surface area (Å²) in [6, 6.07) is 12.8. The molecule has 0 spiro atoms. The molecule has 0 aliphatic heterocycles. The van der Waals surface area contributed by atoms with E-state index in [1.54, 1.807) is 6.07 Å². The van der Waals surface area contributed by atoms with E-state index in [9.17, 15) is 4.39 Å². The summed E-state index contributed by atoms with van der Waals surface area (Å²) < 4.78 is 13.6. The van der Waals surface area contributed by atoms with Gasteiger partial charge in [0.25, 0.3) is 0 Å². The van der Waals surface area contributed by atoms with Gasteiger partial charge in [-0.15, -0.1) is 0 Å². The van der Waals surface area contributed by atoms with E-state index in [1.165, 1.54) is 6.07 Å². The maximum atomic E-state index is 13.6. The maximum absolute atomic E-state index is 13.6. The molecular weight excluding hydrogens is 253 g/mol. The van der Waals surface area contributed by atoms with E-state index in [0.29, 0.717) is 19.4 Å². The van der Waals surface area contributed by atoms with Gasteiger partial charge in [0.05, 0.1) is 11.0 Å². The van der Waals surface area contributed by atoms with Crippen molar-refractivity contribution >= 4 is 11.0 Å². The van der Waals surface area contributed by atoms with Gasteiger partial charge in [-0.25, -0.2) is 9.37 Å². The molecule has 4 heteroatoms. The summed E-state index contributed by atoms with van der Waals surface area (Å²) in [4.78, 5) is 7.78. The third-order valence-corrected chi connectivity index (χ3v) is 3.42. The fraction of sp³-hybridized carbons (Fsp3) is 0.188. The van der Waals surface area contributed by atoms with Gasteiger partial charge in [0.15, 0.2) is 0 Å². The first-order valence-electron chi connectivity index (χ1n) is 6.67. The van der Waals surface area contributed by atoms with Crippen LogP contribution in [0.25, 0.3) is 11.0 Å². The van der Waals surface area contributed by atoms with Gasteiger partial charge in [0, 0.05) is 13.0 Å². The molecule has 0 unspecified atom stereocenters. The molecule has 0 bridgehead atoms. The van der Waals surface area contributed by atoms with Crippen molar-refractivity contribution in [3.8, 4) is 0 Å². The largest absolute Gasteiger partial charge is 0.342 e. The Labute approximate surface area is 116 Å². The zero-order chi connectivity index (χ0) is 13.9. The lowest BCUT2D eigenvalue weighted by atomic mass is 10.1. The first-order valence-corrected chi connectivity index (χ1v) is 6.67. The first kappa shape index (κ1) is 12.8. The Morgan fingerprint density at radius 3 is 2.75 bits per heavy atom. The second kappa shape index (κ2) is 5.43. The lowest BCUT2D eigenvalue weighted by molar-refractivity contribution is 0.607. The number of nitrogens with two attached hydrogens (primary N) is 1. The number of H-pyrrole nitrogens is 1. The standard InChI is InChI=1S/C16H16FN3/c17-13-4-2-1-3-12(13)6-8-16-19-14-7-5-11(10-18)9-15(14)20-16/h1-5,7,9H,6,8,10,18H2,(H,19,20). The Morgan fingerprint density at radius 1 is 1.10 bits per heavy atom. The van der Waals surface area contributed by atoms with Crippen molar-refractivity contribution in [3.63, 3.8) is 0 Å². The zero-order valence-corrected chi connectivity index (χ0v) is 11.1. The molecular formula is C16H16FN3. The highest BCUT2D eigenvalue weighted by Crippen LogP contribution is 2.15. The average Bonchev–Trinajstić information content (AvgIpc) is 2.88. The molecule has 0 amide bonds. The highest BCUT2D eigenvalue weighted by Gasteiger charge is 2.06. The second-order valence-corrected chi connectivity index (χ2v) is 4.83. The van der Waals surface area contributed by atoms with Crippen LogP contribution in [0.15, 0.2) is 42.5 Å². The SMILES string of the molecule is NCc1ccc2nc(CCc3ccccc3F)[nH]c2c1. The van der Waals surface area contributed by atoms with Crippen LogP contribution in [0, 0.1) is 5.82 Å². The van der Waals surface area contributed by atoms with E-state index in [0.717, 1.165) is 28.0 Å². The number of aromatic amines is 1. The summed E-state index contributed by atoms with van der Waals surface area (Å²) in [6.45, 7) is 0.513. The molecule has 2 aromatic carbocycles. The van der Waals surface area contributed by atoms with Crippen LogP contribution in [0.5, 0.6) is 0 Å². The van der Waals surface area contributed by atoms with Crippen molar-refractivity contribution in [3.05, 3.63) is 65.2 Å². The lowest BCUT2D eigenvalue weighted by Gasteiger charge is -2.00. The second-order valence-electron chi connectivity index (χ2n) is 4.83. The summed E-state index contributed by atoms with van der Waals surface area (Å²) in [5.41, 5.74) is 9.32. The Morgan fingerprint density at radius 2 is 1.95 bits per heavy atom. The van der Waals surface area contributed by atoms with Crippen molar-refractivity contribution in [2.45, 2.75) is 19.4 Å².